The van der Waals surface area contributed by atoms with Crippen LogP contribution in [0.3, 0.4) is 0 Å². The summed E-state index contributed by atoms with van der Waals surface area (Å²) in [5.41, 5.74) is 6.44. The molecule has 30 heavy (non-hydrogen) atoms. The third-order valence-electron chi connectivity index (χ3n) is 5.14. The van der Waals surface area contributed by atoms with Gasteiger partial charge in [0.15, 0.2) is 0 Å². The zero-order valence-corrected chi connectivity index (χ0v) is 16.8. The van der Waals surface area contributed by atoms with Crippen LogP contribution < -0.4 is 5.32 Å². The zero-order valence-electron chi connectivity index (χ0n) is 16.8. The van der Waals surface area contributed by atoms with Crippen molar-refractivity contribution >= 4 is 11.6 Å². The summed E-state index contributed by atoms with van der Waals surface area (Å²) in [6.07, 6.45) is 8.22. The maximum Gasteiger partial charge on any atom is 0.221 e. The molecule has 2 aromatic carbocycles. The Kier molecular flexibility index (Phi) is 5.95. The van der Waals surface area contributed by atoms with Crippen molar-refractivity contribution in [1.29, 1.82) is 0 Å². The van der Waals surface area contributed by atoms with Gasteiger partial charge in [-0.2, -0.15) is 0 Å². The first-order chi connectivity index (χ1) is 14.7. The molecule has 2 aromatic heterocycles. The molecule has 0 bridgehead atoms. The van der Waals surface area contributed by atoms with Crippen molar-refractivity contribution in [2.75, 3.05) is 5.32 Å². The molecule has 0 saturated heterocycles. The molecule has 0 fully saturated rings. The average Bonchev–Trinajstić information content (AvgIpc) is 2.79. The van der Waals surface area contributed by atoms with E-state index in [1.807, 2.05) is 54.9 Å². The molecule has 0 aliphatic rings. The van der Waals surface area contributed by atoms with Crippen LogP contribution >= 0.6 is 0 Å². The van der Waals surface area contributed by atoms with Crippen molar-refractivity contribution < 1.29 is 4.79 Å². The fraction of sp³-hybridized carbons (Fsp3) is 0.115. The third-order valence-corrected chi connectivity index (χ3v) is 5.14. The maximum atomic E-state index is 11.7. The molecule has 1 amide bonds. The van der Waals surface area contributed by atoms with E-state index in [9.17, 15) is 4.79 Å². The first-order valence-corrected chi connectivity index (χ1v) is 9.97. The van der Waals surface area contributed by atoms with E-state index >= 15 is 0 Å². The SMILES string of the molecule is CC(=O)Nc1ccccc1-c1ccccc1CC(c1cccnc1)c1cccnc1. The molecule has 148 valence electrons. The molecule has 1 N–H and O–H groups in total. The smallest absolute Gasteiger partial charge is 0.221 e. The van der Waals surface area contributed by atoms with Crippen molar-refractivity contribution in [2.45, 2.75) is 19.3 Å². The Hall–Kier alpha value is -3.79. The first-order valence-electron chi connectivity index (χ1n) is 9.97. The number of pyridine rings is 2. The molecule has 0 spiro atoms. The van der Waals surface area contributed by atoms with E-state index in [2.05, 4.69) is 45.6 Å². The normalized spacial score (nSPS) is 10.7. The lowest BCUT2D eigenvalue weighted by Gasteiger charge is -2.20. The van der Waals surface area contributed by atoms with Crippen molar-refractivity contribution in [3.8, 4) is 11.1 Å². The monoisotopic (exact) mass is 393 g/mol. The van der Waals surface area contributed by atoms with Gasteiger partial charge in [-0.1, -0.05) is 54.6 Å². The number of carbonyl (C=O) groups excluding carboxylic acids is 1. The van der Waals surface area contributed by atoms with Crippen LogP contribution in [0.15, 0.2) is 97.6 Å². The lowest BCUT2D eigenvalue weighted by Crippen LogP contribution is -2.09. The minimum absolute atomic E-state index is 0.0801. The highest BCUT2D eigenvalue weighted by Gasteiger charge is 2.18. The number of nitrogens with one attached hydrogen (secondary N) is 1. The Morgan fingerprint density at radius 2 is 1.40 bits per heavy atom. The van der Waals surface area contributed by atoms with Gasteiger partial charge >= 0.3 is 0 Å². The fourth-order valence-corrected chi connectivity index (χ4v) is 3.79. The number of aromatic nitrogens is 2. The molecule has 0 unspecified atom stereocenters. The summed E-state index contributed by atoms with van der Waals surface area (Å²) >= 11 is 0. The Bertz CT molecular complexity index is 1090. The molecular formula is C26H23N3O. The van der Waals surface area contributed by atoms with Crippen LogP contribution in [0.5, 0.6) is 0 Å². The van der Waals surface area contributed by atoms with Crippen molar-refractivity contribution in [3.05, 3.63) is 114 Å². The predicted octanol–water partition coefficient (Wildman–Crippen LogP) is 5.48. The summed E-state index contributed by atoms with van der Waals surface area (Å²) in [5.74, 6) is 0.0463. The van der Waals surface area contributed by atoms with Gasteiger partial charge in [-0.05, 0) is 46.9 Å². The van der Waals surface area contributed by atoms with E-state index in [0.29, 0.717) is 0 Å². The second-order valence-electron chi connectivity index (χ2n) is 7.21. The van der Waals surface area contributed by atoms with Crippen molar-refractivity contribution in [2.24, 2.45) is 0 Å². The number of amides is 1. The number of benzene rings is 2. The Morgan fingerprint density at radius 1 is 0.800 bits per heavy atom. The van der Waals surface area contributed by atoms with Crippen LogP contribution in [0.25, 0.3) is 11.1 Å². The van der Waals surface area contributed by atoms with Gasteiger partial charge in [0, 0.05) is 48.9 Å². The highest BCUT2D eigenvalue weighted by Crippen LogP contribution is 2.35. The van der Waals surface area contributed by atoms with Gasteiger partial charge in [0.05, 0.1) is 0 Å². The summed E-state index contributed by atoms with van der Waals surface area (Å²) in [6.45, 7) is 1.53. The van der Waals surface area contributed by atoms with Crippen LogP contribution in [0.4, 0.5) is 5.69 Å². The summed E-state index contributed by atoms with van der Waals surface area (Å²) in [7, 11) is 0. The van der Waals surface area contributed by atoms with Gasteiger partial charge in [0.1, 0.15) is 0 Å². The molecule has 4 heteroatoms. The highest BCUT2D eigenvalue weighted by molar-refractivity contribution is 5.94. The topological polar surface area (TPSA) is 54.9 Å². The summed E-state index contributed by atoms with van der Waals surface area (Å²) < 4.78 is 0. The number of hydrogen-bond acceptors (Lipinski definition) is 3. The molecule has 2 heterocycles. The molecule has 4 rings (SSSR count). The highest BCUT2D eigenvalue weighted by atomic mass is 16.1. The van der Waals surface area contributed by atoms with Crippen LogP contribution in [0, 0.1) is 0 Å². The van der Waals surface area contributed by atoms with Crippen LogP contribution in [-0.4, -0.2) is 15.9 Å². The molecular weight excluding hydrogens is 370 g/mol. The Balaban J connectivity index is 1.78. The van der Waals surface area contributed by atoms with Crippen LogP contribution in [-0.2, 0) is 11.2 Å². The molecule has 4 nitrogen and oxygen atoms in total. The Morgan fingerprint density at radius 3 is 2.00 bits per heavy atom. The molecule has 0 saturated carbocycles. The lowest BCUT2D eigenvalue weighted by atomic mass is 9.85. The quantitative estimate of drug-likeness (QED) is 0.472. The summed E-state index contributed by atoms with van der Waals surface area (Å²) in [6, 6.07) is 24.4. The van der Waals surface area contributed by atoms with Gasteiger partial charge in [0.25, 0.3) is 0 Å². The van der Waals surface area contributed by atoms with E-state index in [0.717, 1.165) is 34.4 Å². The van der Waals surface area contributed by atoms with Gasteiger partial charge in [-0.15, -0.1) is 0 Å². The van der Waals surface area contributed by atoms with Gasteiger partial charge < -0.3 is 5.32 Å². The lowest BCUT2D eigenvalue weighted by molar-refractivity contribution is -0.114. The minimum atomic E-state index is -0.0801. The molecule has 0 radical (unpaired) electrons. The number of hydrogen-bond donors (Lipinski definition) is 1. The number of para-hydroxylation sites is 1. The van der Waals surface area contributed by atoms with Gasteiger partial charge in [0.2, 0.25) is 5.91 Å². The summed E-state index contributed by atoms with van der Waals surface area (Å²) in [5, 5.41) is 2.96. The van der Waals surface area contributed by atoms with Gasteiger partial charge in [-0.3, -0.25) is 14.8 Å². The van der Waals surface area contributed by atoms with Gasteiger partial charge in [-0.25, -0.2) is 0 Å². The van der Waals surface area contributed by atoms with Crippen LogP contribution in [0.2, 0.25) is 0 Å². The van der Waals surface area contributed by atoms with E-state index < -0.39 is 0 Å². The first kappa shape index (κ1) is 19.5. The van der Waals surface area contributed by atoms with Crippen molar-refractivity contribution in [3.63, 3.8) is 0 Å². The average molecular weight is 393 g/mol. The third kappa shape index (κ3) is 4.44. The standard InChI is InChI=1S/C26H23N3O/c1-19(30)29-26-13-5-4-12-24(26)23-11-3-2-8-20(23)16-25(21-9-6-14-27-17-21)22-10-7-15-28-18-22/h2-15,17-18,25H,16H2,1H3,(H,29,30). The molecule has 0 atom stereocenters. The zero-order chi connectivity index (χ0) is 20.8. The second kappa shape index (κ2) is 9.14. The molecule has 0 aliphatic carbocycles. The van der Waals surface area contributed by atoms with E-state index in [1.165, 1.54) is 12.5 Å². The van der Waals surface area contributed by atoms with E-state index in [1.54, 1.807) is 12.4 Å². The fourth-order valence-electron chi connectivity index (χ4n) is 3.79. The largest absolute Gasteiger partial charge is 0.326 e. The number of anilines is 1. The molecule has 0 aliphatic heterocycles. The maximum absolute atomic E-state index is 11.7. The second-order valence-corrected chi connectivity index (χ2v) is 7.21. The van der Waals surface area contributed by atoms with Crippen molar-refractivity contribution in [1.82, 2.24) is 9.97 Å². The minimum Gasteiger partial charge on any atom is -0.326 e. The van der Waals surface area contributed by atoms with E-state index in [-0.39, 0.29) is 11.8 Å². The van der Waals surface area contributed by atoms with E-state index in [4.69, 9.17) is 0 Å². The number of carbonyl (C=O) groups is 1. The predicted molar refractivity (Wildman–Crippen MR) is 120 cm³/mol. The molecule has 4 aromatic rings. The number of rotatable bonds is 6. The summed E-state index contributed by atoms with van der Waals surface area (Å²) in [4.78, 5) is 20.4. The number of nitrogens with zero attached hydrogens (tertiary/aromatic N) is 2. The van der Waals surface area contributed by atoms with Crippen LogP contribution in [0.1, 0.15) is 29.5 Å². The Labute approximate surface area is 176 Å².